The number of amides is 2. The van der Waals surface area contributed by atoms with E-state index in [1.807, 2.05) is 32.8 Å². The normalized spacial score (nSPS) is 13.0. The van der Waals surface area contributed by atoms with Gasteiger partial charge >= 0.3 is 0 Å². The molecule has 5 nitrogen and oxygen atoms in total. The maximum Gasteiger partial charge on any atom is 0.257 e. The van der Waals surface area contributed by atoms with Crippen LogP contribution in [0.15, 0.2) is 18.2 Å². The first kappa shape index (κ1) is 22.0. The van der Waals surface area contributed by atoms with Gasteiger partial charge < -0.3 is 15.5 Å². The highest BCUT2D eigenvalue weighted by Crippen LogP contribution is 2.16. The monoisotopic (exact) mass is 369 g/mol. The molecule has 26 heavy (non-hydrogen) atoms. The molecule has 0 fully saturated rings. The summed E-state index contributed by atoms with van der Waals surface area (Å²) < 4.78 is 27.5. The van der Waals surface area contributed by atoms with E-state index in [-0.39, 0.29) is 17.2 Å². The highest BCUT2D eigenvalue weighted by molar-refractivity contribution is 5.98. The number of nitrogens with zero attached hydrogens (tertiary/aromatic N) is 1. The molecule has 0 spiro atoms. The molecule has 0 aliphatic rings. The Kier molecular flexibility index (Phi) is 7.68. The number of hydrogen-bond donors (Lipinski definition) is 2. The number of rotatable bonds is 8. The molecule has 2 amide bonds. The van der Waals surface area contributed by atoms with Gasteiger partial charge in [0.1, 0.15) is 23.2 Å². The maximum atomic E-state index is 13.8. The minimum atomic E-state index is -0.961. The van der Waals surface area contributed by atoms with Crippen molar-refractivity contribution in [3.63, 3.8) is 0 Å². The van der Waals surface area contributed by atoms with E-state index in [1.165, 1.54) is 6.07 Å². The van der Waals surface area contributed by atoms with Crippen LogP contribution >= 0.6 is 0 Å². The smallest absolute Gasteiger partial charge is 0.257 e. The van der Waals surface area contributed by atoms with Crippen molar-refractivity contribution in [2.75, 3.05) is 27.2 Å². The Morgan fingerprint density at radius 3 is 2.15 bits per heavy atom. The summed E-state index contributed by atoms with van der Waals surface area (Å²) in [6.45, 7) is 8.74. The molecule has 0 aliphatic heterocycles. The minimum absolute atomic E-state index is 0.164. The fourth-order valence-corrected chi connectivity index (χ4v) is 2.81. The molecule has 1 rings (SSSR count). The lowest BCUT2D eigenvalue weighted by Gasteiger charge is -2.30. The number of carbonyl (C=O) groups excluding carboxylic acids is 2. The van der Waals surface area contributed by atoms with Crippen LogP contribution < -0.4 is 10.6 Å². The van der Waals surface area contributed by atoms with Gasteiger partial charge in [0.2, 0.25) is 5.91 Å². The lowest BCUT2D eigenvalue weighted by Crippen LogP contribution is -2.52. The first-order valence-corrected chi connectivity index (χ1v) is 8.62. The van der Waals surface area contributed by atoms with Crippen molar-refractivity contribution in [2.45, 2.75) is 33.7 Å². The molecule has 0 heterocycles. The molecule has 1 aromatic carbocycles. The summed E-state index contributed by atoms with van der Waals surface area (Å²) in [5, 5.41) is 5.28. The van der Waals surface area contributed by atoms with Gasteiger partial charge in [-0.15, -0.1) is 0 Å². The van der Waals surface area contributed by atoms with Crippen molar-refractivity contribution in [3.05, 3.63) is 35.4 Å². The van der Waals surface area contributed by atoms with Crippen LogP contribution in [0.2, 0.25) is 0 Å². The van der Waals surface area contributed by atoms with Gasteiger partial charge in [-0.25, -0.2) is 8.78 Å². The van der Waals surface area contributed by atoms with Gasteiger partial charge in [-0.2, -0.15) is 0 Å². The van der Waals surface area contributed by atoms with E-state index in [4.69, 9.17) is 0 Å². The first-order valence-electron chi connectivity index (χ1n) is 8.62. The topological polar surface area (TPSA) is 61.4 Å². The molecule has 1 aromatic rings. The molecular formula is C19H29F2N3O2. The summed E-state index contributed by atoms with van der Waals surface area (Å²) in [5.74, 6) is -3.49. The highest BCUT2D eigenvalue weighted by atomic mass is 19.1. The second-order valence-electron chi connectivity index (χ2n) is 7.91. The van der Waals surface area contributed by atoms with Crippen LogP contribution in [0.5, 0.6) is 0 Å². The molecule has 2 N–H and O–H groups in total. The van der Waals surface area contributed by atoms with Gasteiger partial charge in [-0.3, -0.25) is 9.59 Å². The summed E-state index contributed by atoms with van der Waals surface area (Å²) in [5.41, 5.74) is -0.846. The average molecular weight is 369 g/mol. The fourth-order valence-electron chi connectivity index (χ4n) is 2.81. The summed E-state index contributed by atoms with van der Waals surface area (Å²) in [7, 11) is 3.90. The van der Waals surface area contributed by atoms with E-state index in [0.717, 1.165) is 18.7 Å². The van der Waals surface area contributed by atoms with Gasteiger partial charge in [-0.05, 0) is 37.6 Å². The Bertz CT molecular complexity index is 625. The summed E-state index contributed by atoms with van der Waals surface area (Å²) in [4.78, 5) is 26.8. The molecule has 0 saturated carbocycles. The number of halogens is 2. The third-order valence-electron chi connectivity index (χ3n) is 3.91. The zero-order chi connectivity index (χ0) is 20.1. The molecule has 7 heteroatoms. The van der Waals surface area contributed by atoms with E-state index < -0.39 is 29.1 Å². The van der Waals surface area contributed by atoms with Crippen molar-refractivity contribution < 1.29 is 18.4 Å². The van der Waals surface area contributed by atoms with Gasteiger partial charge in [0, 0.05) is 13.1 Å². The molecule has 0 saturated heterocycles. The third kappa shape index (κ3) is 6.37. The first-order chi connectivity index (χ1) is 11.9. The van der Waals surface area contributed by atoms with E-state index in [1.54, 1.807) is 13.8 Å². The van der Waals surface area contributed by atoms with Crippen molar-refractivity contribution in [1.29, 1.82) is 0 Å². The van der Waals surface area contributed by atoms with Gasteiger partial charge in [0.05, 0.1) is 0 Å². The summed E-state index contributed by atoms with van der Waals surface area (Å²) in [6, 6.07) is 2.30. The number of benzene rings is 1. The molecule has 0 aliphatic carbocycles. The largest absolute Gasteiger partial charge is 0.354 e. The lowest BCUT2D eigenvalue weighted by atomic mass is 9.92. The Balaban J connectivity index is 2.83. The molecule has 0 unspecified atom stereocenters. The van der Waals surface area contributed by atoms with Gasteiger partial charge in [0.15, 0.2) is 0 Å². The van der Waals surface area contributed by atoms with Crippen molar-refractivity contribution >= 4 is 11.8 Å². The molecular weight excluding hydrogens is 340 g/mol. The lowest BCUT2D eigenvalue weighted by molar-refractivity contribution is -0.124. The van der Waals surface area contributed by atoms with E-state index in [9.17, 15) is 18.4 Å². The SMILES string of the molecule is CC(C)[C@@H](NC(=O)c1c(F)cccc1F)C(=O)NCC(C)(C)CN(C)C. The van der Waals surface area contributed by atoms with Crippen LogP contribution in [0, 0.1) is 23.0 Å². The van der Waals surface area contributed by atoms with Gasteiger partial charge in [0.25, 0.3) is 5.91 Å². The Labute approximate surface area is 154 Å². The van der Waals surface area contributed by atoms with Gasteiger partial charge in [-0.1, -0.05) is 33.8 Å². The zero-order valence-corrected chi connectivity index (χ0v) is 16.3. The van der Waals surface area contributed by atoms with E-state index >= 15 is 0 Å². The van der Waals surface area contributed by atoms with Crippen LogP contribution in [0.25, 0.3) is 0 Å². The molecule has 146 valence electrons. The predicted octanol–water partition coefficient (Wildman–Crippen LogP) is 2.42. The van der Waals surface area contributed by atoms with Crippen LogP contribution in [-0.4, -0.2) is 49.9 Å². The van der Waals surface area contributed by atoms with Crippen LogP contribution in [-0.2, 0) is 4.79 Å². The minimum Gasteiger partial charge on any atom is -0.354 e. The highest BCUT2D eigenvalue weighted by Gasteiger charge is 2.28. The second kappa shape index (κ2) is 9.07. The van der Waals surface area contributed by atoms with Crippen LogP contribution in [0.3, 0.4) is 0 Å². The van der Waals surface area contributed by atoms with E-state index in [0.29, 0.717) is 6.54 Å². The number of nitrogens with one attached hydrogen (secondary N) is 2. The van der Waals surface area contributed by atoms with Crippen molar-refractivity contribution in [2.24, 2.45) is 11.3 Å². The third-order valence-corrected chi connectivity index (χ3v) is 3.91. The summed E-state index contributed by atoms with van der Waals surface area (Å²) >= 11 is 0. The van der Waals surface area contributed by atoms with Crippen LogP contribution in [0.4, 0.5) is 8.78 Å². The molecule has 0 bridgehead atoms. The Morgan fingerprint density at radius 1 is 1.15 bits per heavy atom. The summed E-state index contributed by atoms with van der Waals surface area (Å²) in [6.07, 6.45) is 0. The number of carbonyl (C=O) groups is 2. The quantitative estimate of drug-likeness (QED) is 0.740. The Morgan fingerprint density at radius 2 is 1.69 bits per heavy atom. The second-order valence-corrected chi connectivity index (χ2v) is 7.91. The molecule has 1 atom stereocenters. The van der Waals surface area contributed by atoms with Crippen molar-refractivity contribution in [1.82, 2.24) is 15.5 Å². The predicted molar refractivity (Wildman–Crippen MR) is 97.8 cm³/mol. The fraction of sp³-hybridized carbons (Fsp3) is 0.579. The Hall–Kier alpha value is -2.02. The number of hydrogen-bond acceptors (Lipinski definition) is 3. The van der Waals surface area contributed by atoms with Crippen LogP contribution in [0.1, 0.15) is 38.1 Å². The maximum absolute atomic E-state index is 13.8. The standard InChI is InChI=1S/C19H29F2N3O2/c1-12(2)16(18(26)22-10-19(3,4)11-24(5)6)23-17(25)15-13(20)8-7-9-14(15)21/h7-9,12,16H,10-11H2,1-6H3,(H,22,26)(H,23,25)/t16-/m1/s1. The molecule has 0 radical (unpaired) electrons. The van der Waals surface area contributed by atoms with Crippen molar-refractivity contribution in [3.8, 4) is 0 Å². The zero-order valence-electron chi connectivity index (χ0n) is 16.3. The molecule has 0 aromatic heterocycles. The van der Waals surface area contributed by atoms with E-state index in [2.05, 4.69) is 10.6 Å². The average Bonchev–Trinajstić information content (AvgIpc) is 2.48.